The van der Waals surface area contributed by atoms with Gasteiger partial charge in [0, 0.05) is 23.8 Å². The highest BCUT2D eigenvalue weighted by Crippen LogP contribution is 2.44. The molecule has 1 saturated heterocycles. The van der Waals surface area contributed by atoms with Crippen LogP contribution in [-0.2, 0) is 19.0 Å². The van der Waals surface area contributed by atoms with E-state index in [4.69, 9.17) is 18.9 Å². The van der Waals surface area contributed by atoms with Gasteiger partial charge in [0.2, 0.25) is 6.29 Å². The molecular formula is C30H28O13. The lowest BCUT2D eigenvalue weighted by molar-refractivity contribution is -0.294. The molecule has 2 aliphatic rings. The Hall–Kier alpha value is -4.95. The van der Waals surface area contributed by atoms with Crippen LogP contribution in [0.15, 0.2) is 66.4 Å². The first-order valence-electron chi connectivity index (χ1n) is 13.0. The van der Waals surface area contributed by atoms with Crippen LogP contribution in [0.4, 0.5) is 0 Å². The number of phenolic OH excluding ortho intramolecular Hbond substituents is 5. The van der Waals surface area contributed by atoms with Crippen LogP contribution >= 0.6 is 0 Å². The number of hydrogen-bond donors (Lipinski definition) is 8. The number of carbonyl (C=O) groups excluding carboxylic acids is 1. The lowest BCUT2D eigenvalue weighted by atomic mass is 9.98. The van der Waals surface area contributed by atoms with E-state index in [0.717, 1.165) is 12.1 Å². The van der Waals surface area contributed by atoms with Crippen molar-refractivity contribution in [2.45, 2.75) is 36.8 Å². The van der Waals surface area contributed by atoms with Gasteiger partial charge in [-0.1, -0.05) is 18.2 Å². The molecule has 43 heavy (non-hydrogen) atoms. The first-order chi connectivity index (χ1) is 20.5. The monoisotopic (exact) mass is 596 g/mol. The number of benzene rings is 3. The third-order valence-electron chi connectivity index (χ3n) is 6.81. The Balaban J connectivity index is 1.33. The van der Waals surface area contributed by atoms with Gasteiger partial charge >= 0.3 is 5.97 Å². The van der Waals surface area contributed by atoms with E-state index in [0.29, 0.717) is 11.1 Å². The molecule has 6 unspecified atom stereocenters. The SMILES string of the molecule is O=C(C=Cc1ccc(O)c(O)c1)OCC1OC(OC2=Cc3c(O)cc(O)cc3OC2c2ccc(O)cc2)C(O)C(O)C1O. The second kappa shape index (κ2) is 12.1. The molecule has 8 N–H and O–H groups in total. The molecule has 1 fully saturated rings. The zero-order valence-electron chi connectivity index (χ0n) is 22.2. The van der Waals surface area contributed by atoms with Crippen LogP contribution in [0.1, 0.15) is 22.8 Å². The number of phenols is 5. The first kappa shape index (κ1) is 29.5. The van der Waals surface area contributed by atoms with Gasteiger partial charge < -0.3 is 59.8 Å². The van der Waals surface area contributed by atoms with E-state index in [-0.39, 0.29) is 45.8 Å². The van der Waals surface area contributed by atoms with Crippen molar-refractivity contribution in [2.24, 2.45) is 0 Å². The quantitative estimate of drug-likeness (QED) is 0.111. The Labute approximate surface area is 244 Å². The molecule has 3 aromatic carbocycles. The van der Waals surface area contributed by atoms with Crippen molar-refractivity contribution < 1.29 is 64.6 Å². The van der Waals surface area contributed by atoms with E-state index >= 15 is 0 Å². The Morgan fingerprint density at radius 2 is 1.56 bits per heavy atom. The number of fused-ring (bicyclic) bond motifs is 1. The molecule has 2 heterocycles. The average Bonchev–Trinajstić information content (AvgIpc) is 2.97. The number of esters is 1. The highest BCUT2D eigenvalue weighted by Gasteiger charge is 2.46. The zero-order chi connectivity index (χ0) is 30.8. The van der Waals surface area contributed by atoms with Crippen molar-refractivity contribution in [1.82, 2.24) is 0 Å². The van der Waals surface area contributed by atoms with Gasteiger partial charge in [-0.15, -0.1) is 0 Å². The summed E-state index contributed by atoms with van der Waals surface area (Å²) >= 11 is 0. The highest BCUT2D eigenvalue weighted by atomic mass is 16.7. The molecular weight excluding hydrogens is 568 g/mol. The van der Waals surface area contributed by atoms with Crippen LogP contribution in [-0.4, -0.2) is 84.1 Å². The summed E-state index contributed by atoms with van der Waals surface area (Å²) in [5, 5.41) is 80.7. The average molecular weight is 597 g/mol. The van der Waals surface area contributed by atoms with E-state index in [1.165, 1.54) is 60.7 Å². The molecule has 0 aromatic heterocycles. The summed E-state index contributed by atoms with van der Waals surface area (Å²) < 4.78 is 22.7. The van der Waals surface area contributed by atoms with Crippen molar-refractivity contribution in [3.8, 4) is 34.5 Å². The fourth-order valence-electron chi connectivity index (χ4n) is 4.53. The fourth-order valence-corrected chi connectivity index (χ4v) is 4.53. The number of carbonyl (C=O) groups is 1. The number of aliphatic hydroxyl groups is 3. The van der Waals surface area contributed by atoms with Crippen molar-refractivity contribution in [3.05, 3.63) is 83.1 Å². The third kappa shape index (κ3) is 6.44. The maximum Gasteiger partial charge on any atom is 0.330 e. The molecule has 0 bridgehead atoms. The molecule has 0 spiro atoms. The summed E-state index contributed by atoms with van der Waals surface area (Å²) in [5.41, 5.74) is 1.01. The van der Waals surface area contributed by atoms with Crippen molar-refractivity contribution in [1.29, 1.82) is 0 Å². The molecule has 6 atom stereocenters. The maximum atomic E-state index is 12.3. The zero-order valence-corrected chi connectivity index (χ0v) is 22.2. The van der Waals surface area contributed by atoms with Gasteiger partial charge in [-0.25, -0.2) is 4.79 Å². The van der Waals surface area contributed by atoms with Crippen molar-refractivity contribution in [3.63, 3.8) is 0 Å². The van der Waals surface area contributed by atoms with E-state index in [1.807, 2.05) is 0 Å². The Kier molecular flexibility index (Phi) is 8.32. The normalized spacial score (nSPS) is 25.0. The van der Waals surface area contributed by atoms with E-state index in [1.54, 1.807) is 0 Å². The summed E-state index contributed by atoms with van der Waals surface area (Å²) in [6.07, 6.45) is -5.42. The minimum absolute atomic E-state index is 0.00245. The number of ether oxygens (including phenoxy) is 4. The molecule has 2 aliphatic heterocycles. The summed E-state index contributed by atoms with van der Waals surface area (Å²) in [7, 11) is 0. The number of aromatic hydroxyl groups is 5. The second-order valence-corrected chi connectivity index (χ2v) is 9.86. The summed E-state index contributed by atoms with van der Waals surface area (Å²) in [5.74, 6) is -2.05. The van der Waals surface area contributed by atoms with Crippen LogP contribution in [0.2, 0.25) is 0 Å². The Morgan fingerprint density at radius 1 is 0.814 bits per heavy atom. The van der Waals surface area contributed by atoms with Gasteiger partial charge in [-0.2, -0.15) is 0 Å². The van der Waals surface area contributed by atoms with E-state index in [2.05, 4.69) is 0 Å². The molecule has 3 aromatic rings. The third-order valence-corrected chi connectivity index (χ3v) is 6.81. The minimum Gasteiger partial charge on any atom is -0.508 e. The van der Waals surface area contributed by atoms with E-state index in [9.17, 15) is 45.6 Å². The molecule has 0 radical (unpaired) electrons. The van der Waals surface area contributed by atoms with E-state index < -0.39 is 49.4 Å². The minimum atomic E-state index is -1.77. The van der Waals surface area contributed by atoms with Crippen LogP contribution < -0.4 is 4.74 Å². The van der Waals surface area contributed by atoms with Gasteiger partial charge in [0.05, 0.1) is 5.56 Å². The molecule has 0 saturated carbocycles. The lowest BCUT2D eigenvalue weighted by Crippen LogP contribution is -2.59. The molecule has 226 valence electrons. The molecule has 13 nitrogen and oxygen atoms in total. The standard InChI is InChI=1S/C30H28O13/c31-16-5-3-15(4-6-16)29-23(12-18-20(34)10-17(32)11-22(18)41-29)42-30-28(39)27(38)26(37)24(43-30)13-40-25(36)8-2-14-1-7-19(33)21(35)9-14/h1-12,24,26-35,37-39H,13H2. The maximum absolute atomic E-state index is 12.3. The Morgan fingerprint density at radius 3 is 2.28 bits per heavy atom. The van der Waals surface area contributed by atoms with Crippen LogP contribution in [0, 0.1) is 0 Å². The molecule has 13 heteroatoms. The van der Waals surface area contributed by atoms with Crippen LogP contribution in [0.25, 0.3) is 12.2 Å². The Bertz CT molecular complexity index is 1550. The number of aliphatic hydroxyl groups excluding tert-OH is 3. The van der Waals surface area contributed by atoms with Gasteiger partial charge in [0.15, 0.2) is 17.6 Å². The largest absolute Gasteiger partial charge is 0.508 e. The van der Waals surface area contributed by atoms with Crippen molar-refractivity contribution in [2.75, 3.05) is 6.61 Å². The highest BCUT2D eigenvalue weighted by molar-refractivity contribution is 5.87. The topological polar surface area (TPSA) is 216 Å². The van der Waals surface area contributed by atoms with Gasteiger partial charge in [-0.3, -0.25) is 0 Å². The van der Waals surface area contributed by atoms with Gasteiger partial charge in [-0.05, 0) is 42.0 Å². The summed E-state index contributed by atoms with van der Waals surface area (Å²) in [6.45, 7) is -0.547. The summed E-state index contributed by atoms with van der Waals surface area (Å²) in [4.78, 5) is 12.3. The molecule has 5 rings (SSSR count). The lowest BCUT2D eigenvalue weighted by Gasteiger charge is -2.41. The van der Waals surface area contributed by atoms with Gasteiger partial charge in [0.25, 0.3) is 0 Å². The predicted molar refractivity (Wildman–Crippen MR) is 147 cm³/mol. The molecule has 0 amide bonds. The smallest absolute Gasteiger partial charge is 0.330 e. The van der Waals surface area contributed by atoms with Crippen LogP contribution in [0.5, 0.6) is 34.5 Å². The fraction of sp³-hybridized carbons (Fsp3) is 0.233. The van der Waals surface area contributed by atoms with Crippen molar-refractivity contribution >= 4 is 18.1 Å². The second-order valence-electron chi connectivity index (χ2n) is 9.86. The van der Waals surface area contributed by atoms with Crippen LogP contribution in [0.3, 0.4) is 0 Å². The number of rotatable bonds is 7. The molecule has 0 aliphatic carbocycles. The summed E-state index contributed by atoms with van der Waals surface area (Å²) in [6, 6.07) is 12.2. The first-order valence-corrected chi connectivity index (χ1v) is 13.0. The predicted octanol–water partition coefficient (Wildman–Crippen LogP) is 1.77. The number of hydrogen-bond acceptors (Lipinski definition) is 13. The van der Waals surface area contributed by atoms with Gasteiger partial charge in [0.1, 0.15) is 59.8 Å².